The summed E-state index contributed by atoms with van der Waals surface area (Å²) in [6.07, 6.45) is 64.9. The second-order valence-electron chi connectivity index (χ2n) is 24.0. The minimum absolute atomic E-state index is 0.0460. The van der Waals surface area contributed by atoms with Gasteiger partial charge in [0.1, 0.15) is 19.3 Å². The van der Waals surface area contributed by atoms with Crippen LogP contribution in [0.4, 0.5) is 0 Å². The smallest absolute Gasteiger partial charge is 0.456 e. The fourth-order valence-corrected chi connectivity index (χ4v) is 10.9. The van der Waals surface area contributed by atoms with E-state index in [-0.39, 0.29) is 25.1 Å². The summed E-state index contributed by atoms with van der Waals surface area (Å²) in [7, 11) is 1.52. The fraction of sp³-hybridized carbons (Fsp3) is 0.938. The topological polar surface area (TPSA) is 111 Å². The molecule has 0 heterocycles. The maximum Gasteiger partial charge on any atom is 0.472 e. The van der Waals surface area contributed by atoms with Gasteiger partial charge in [-0.15, -0.1) is 0 Å². The van der Waals surface area contributed by atoms with Crippen molar-refractivity contribution in [2.24, 2.45) is 0 Å². The van der Waals surface area contributed by atoms with Crippen molar-refractivity contribution in [3.63, 3.8) is 0 Å². The number of amides is 1. The minimum Gasteiger partial charge on any atom is -0.456 e. The number of unbranched alkanes of at least 4 members (excludes halogenated alkanes) is 45. The van der Waals surface area contributed by atoms with Crippen molar-refractivity contribution in [2.45, 2.75) is 354 Å². The van der Waals surface area contributed by atoms with Crippen LogP contribution in [0.1, 0.15) is 342 Å². The molecule has 0 radical (unpaired) electrons. The zero-order valence-electron chi connectivity index (χ0n) is 51.1. The summed E-state index contributed by atoms with van der Waals surface area (Å²) < 4.78 is 30.8. The van der Waals surface area contributed by atoms with Gasteiger partial charge in [-0.25, -0.2) is 4.57 Å². The lowest BCUT2D eigenvalue weighted by Gasteiger charge is -2.27. The first-order valence-electron chi connectivity index (χ1n) is 33.0. The lowest BCUT2D eigenvalue weighted by molar-refractivity contribution is -0.870. The molecule has 2 N–H and O–H groups in total. The standard InChI is InChI=1S/C65H129N2O7P/c1-7-10-13-16-19-22-25-28-30-32-33-35-37-40-43-46-49-52-55-58-65(69)74-63(56-53-50-47-44-41-38-27-24-21-18-15-12-9-3)62(61-73-75(70,71)72-60-59-67(4,5)6)66-64(68)57-54-51-48-45-42-39-36-34-31-29-26-23-20-17-14-11-8-2/h53,56,62-63H,7-52,54-55,57-61H2,1-6H3,(H-,66,68,70,71)/p+1/b56-53+. The Bertz CT molecular complexity index is 1290. The average Bonchev–Trinajstić information content (AvgIpc) is 3.37. The highest BCUT2D eigenvalue weighted by Crippen LogP contribution is 2.43. The zero-order chi connectivity index (χ0) is 55.0. The largest absolute Gasteiger partial charge is 0.472 e. The molecular weight excluding hydrogens is 952 g/mol. The molecule has 0 saturated heterocycles. The molecule has 0 aliphatic heterocycles. The van der Waals surface area contributed by atoms with Gasteiger partial charge < -0.3 is 19.4 Å². The highest BCUT2D eigenvalue weighted by molar-refractivity contribution is 7.47. The van der Waals surface area contributed by atoms with E-state index in [9.17, 15) is 19.0 Å². The third-order valence-electron chi connectivity index (χ3n) is 15.2. The predicted molar refractivity (Wildman–Crippen MR) is 323 cm³/mol. The number of hydrogen-bond donors (Lipinski definition) is 2. The Kier molecular flexibility index (Phi) is 55.1. The second kappa shape index (κ2) is 56.0. The van der Waals surface area contributed by atoms with Gasteiger partial charge in [-0.3, -0.25) is 18.6 Å². The summed E-state index contributed by atoms with van der Waals surface area (Å²) in [6, 6.07) is -0.839. The first kappa shape index (κ1) is 73.8. The van der Waals surface area contributed by atoms with E-state index < -0.39 is 20.0 Å². The Hall–Kier alpha value is -1.25. The molecule has 3 unspecified atom stereocenters. The molecule has 0 spiro atoms. The number of hydrogen-bond acceptors (Lipinski definition) is 6. The van der Waals surface area contributed by atoms with Crippen molar-refractivity contribution in [1.29, 1.82) is 0 Å². The quantitative estimate of drug-likeness (QED) is 0.0205. The summed E-state index contributed by atoms with van der Waals surface area (Å²) >= 11 is 0. The number of esters is 1. The van der Waals surface area contributed by atoms with Gasteiger partial charge in [0.25, 0.3) is 0 Å². The van der Waals surface area contributed by atoms with Crippen LogP contribution in [0.2, 0.25) is 0 Å². The van der Waals surface area contributed by atoms with Gasteiger partial charge in [0.05, 0.1) is 33.8 Å². The lowest BCUT2D eigenvalue weighted by Crippen LogP contribution is -2.47. The van der Waals surface area contributed by atoms with Crippen LogP contribution in [0, 0.1) is 0 Å². The first-order valence-corrected chi connectivity index (χ1v) is 34.5. The summed E-state index contributed by atoms with van der Waals surface area (Å²) in [6.45, 7) is 7.08. The van der Waals surface area contributed by atoms with Crippen molar-refractivity contribution in [2.75, 3.05) is 40.9 Å². The number of carbonyl (C=O) groups is 2. The third-order valence-corrected chi connectivity index (χ3v) is 16.2. The Labute approximate surface area is 467 Å². The number of carbonyl (C=O) groups excluding carboxylic acids is 2. The number of ether oxygens (including phenoxy) is 1. The molecule has 0 bridgehead atoms. The lowest BCUT2D eigenvalue weighted by atomic mass is 10.0. The Morgan fingerprint density at radius 1 is 0.453 bits per heavy atom. The van der Waals surface area contributed by atoms with Gasteiger partial charge in [0, 0.05) is 12.8 Å². The maximum atomic E-state index is 13.6. The van der Waals surface area contributed by atoms with E-state index in [1.165, 1.54) is 250 Å². The second-order valence-corrected chi connectivity index (χ2v) is 25.5. The molecule has 0 aliphatic carbocycles. The molecular formula is C65H130N2O7P+. The molecule has 9 nitrogen and oxygen atoms in total. The number of phosphoric ester groups is 1. The summed E-state index contributed by atoms with van der Waals surface area (Å²) in [5.74, 6) is -0.480. The van der Waals surface area contributed by atoms with Crippen LogP contribution in [-0.2, 0) is 27.9 Å². The third kappa shape index (κ3) is 57.3. The van der Waals surface area contributed by atoms with Crippen molar-refractivity contribution in [3.8, 4) is 0 Å². The number of allylic oxidation sites excluding steroid dienone is 1. The highest BCUT2D eigenvalue weighted by Gasteiger charge is 2.30. The maximum absolute atomic E-state index is 13.6. The molecule has 0 saturated carbocycles. The van der Waals surface area contributed by atoms with Crippen LogP contribution < -0.4 is 5.32 Å². The number of quaternary nitrogens is 1. The number of rotatable bonds is 61. The number of nitrogens with one attached hydrogen (secondary N) is 1. The normalized spacial score (nSPS) is 13.6. The van der Waals surface area contributed by atoms with E-state index in [0.717, 1.165) is 57.8 Å². The summed E-state index contributed by atoms with van der Waals surface area (Å²) in [4.78, 5) is 37.8. The van der Waals surface area contributed by atoms with E-state index in [4.69, 9.17) is 13.8 Å². The molecule has 0 rings (SSSR count). The molecule has 0 aromatic carbocycles. The molecule has 0 aliphatic rings. The zero-order valence-corrected chi connectivity index (χ0v) is 52.0. The molecule has 0 fully saturated rings. The van der Waals surface area contributed by atoms with Crippen LogP contribution in [0.5, 0.6) is 0 Å². The molecule has 1 amide bonds. The predicted octanol–water partition coefficient (Wildman–Crippen LogP) is 20.3. The molecule has 446 valence electrons. The molecule has 75 heavy (non-hydrogen) atoms. The van der Waals surface area contributed by atoms with E-state index in [2.05, 4.69) is 32.2 Å². The average molecular weight is 1080 g/mol. The van der Waals surface area contributed by atoms with E-state index >= 15 is 0 Å². The Morgan fingerprint density at radius 2 is 0.760 bits per heavy atom. The van der Waals surface area contributed by atoms with E-state index in [1.807, 2.05) is 27.2 Å². The molecule has 10 heteroatoms. The van der Waals surface area contributed by atoms with Crippen LogP contribution in [0.3, 0.4) is 0 Å². The fourth-order valence-electron chi connectivity index (χ4n) is 10.1. The van der Waals surface area contributed by atoms with Crippen LogP contribution in [0.15, 0.2) is 12.2 Å². The van der Waals surface area contributed by atoms with Crippen molar-refractivity contribution >= 4 is 19.7 Å². The van der Waals surface area contributed by atoms with Gasteiger partial charge in [0.2, 0.25) is 5.91 Å². The van der Waals surface area contributed by atoms with Crippen LogP contribution in [-0.4, -0.2) is 74.3 Å². The van der Waals surface area contributed by atoms with Gasteiger partial charge in [-0.05, 0) is 31.8 Å². The molecule has 0 aromatic rings. The van der Waals surface area contributed by atoms with Crippen LogP contribution in [0.25, 0.3) is 0 Å². The molecule has 3 atom stereocenters. The van der Waals surface area contributed by atoms with Crippen LogP contribution >= 0.6 is 7.82 Å². The van der Waals surface area contributed by atoms with Crippen molar-refractivity contribution < 1.29 is 37.3 Å². The first-order chi connectivity index (χ1) is 36.4. The van der Waals surface area contributed by atoms with E-state index in [1.54, 1.807) is 0 Å². The van der Waals surface area contributed by atoms with Gasteiger partial charge in [-0.1, -0.05) is 309 Å². The molecule has 0 aromatic heterocycles. The van der Waals surface area contributed by atoms with Crippen molar-refractivity contribution in [1.82, 2.24) is 5.32 Å². The Morgan fingerprint density at radius 3 is 1.09 bits per heavy atom. The SMILES string of the molecule is CCCCCCCCCCCCC/C=C/C(OC(=O)CCCCCCCCCCCCCCCCCCCCC)C(COP(=O)(O)OCC[N+](C)(C)C)NC(=O)CCCCCCCCCCCCCCCCCCC. The summed E-state index contributed by atoms with van der Waals surface area (Å²) in [5.41, 5.74) is 0. The number of phosphoric acid groups is 1. The van der Waals surface area contributed by atoms with Gasteiger partial charge in [-0.2, -0.15) is 0 Å². The number of likely N-dealkylation sites (N-methyl/N-ethyl adjacent to an activating group) is 1. The summed E-state index contributed by atoms with van der Waals surface area (Å²) in [5, 5.41) is 3.07. The number of nitrogens with zero attached hydrogens (tertiary/aromatic N) is 1. The van der Waals surface area contributed by atoms with Gasteiger partial charge >= 0.3 is 13.8 Å². The van der Waals surface area contributed by atoms with Gasteiger partial charge in [0.15, 0.2) is 0 Å². The van der Waals surface area contributed by atoms with Crippen molar-refractivity contribution in [3.05, 3.63) is 12.2 Å². The minimum atomic E-state index is -4.44. The Balaban J connectivity index is 5.18. The monoisotopic (exact) mass is 1080 g/mol. The highest BCUT2D eigenvalue weighted by atomic mass is 31.2. The van der Waals surface area contributed by atoms with E-state index in [0.29, 0.717) is 23.9 Å².